The van der Waals surface area contributed by atoms with Gasteiger partial charge in [-0.25, -0.2) is 13.1 Å². The minimum Gasteiger partial charge on any atom is -0.395 e. The van der Waals surface area contributed by atoms with E-state index >= 15 is 0 Å². The maximum atomic E-state index is 12.4. The van der Waals surface area contributed by atoms with E-state index in [-0.39, 0.29) is 23.0 Å². The van der Waals surface area contributed by atoms with Crippen molar-refractivity contribution in [1.82, 2.24) is 4.72 Å². The monoisotopic (exact) mass is 293 g/mol. The first-order chi connectivity index (χ1) is 9.37. The predicted octanol–water partition coefficient (Wildman–Crippen LogP) is 1.50. The fourth-order valence-electron chi connectivity index (χ4n) is 1.94. The fourth-order valence-corrected chi connectivity index (χ4v) is 3.51. The summed E-state index contributed by atoms with van der Waals surface area (Å²) in [4.78, 5) is 0.202. The van der Waals surface area contributed by atoms with Crippen molar-refractivity contribution in [2.24, 2.45) is 5.41 Å². The van der Waals surface area contributed by atoms with Crippen molar-refractivity contribution in [1.29, 1.82) is 0 Å². The second kappa shape index (κ2) is 5.57. The van der Waals surface area contributed by atoms with Crippen LogP contribution in [0.4, 0.5) is 0 Å². The molecular formula is C15H19NO3S. The number of hydrogen-bond acceptors (Lipinski definition) is 3. The third-order valence-corrected chi connectivity index (χ3v) is 4.98. The Labute approximate surface area is 120 Å². The molecule has 0 radical (unpaired) electrons. The van der Waals surface area contributed by atoms with Crippen molar-refractivity contribution < 1.29 is 13.5 Å². The van der Waals surface area contributed by atoms with Gasteiger partial charge >= 0.3 is 0 Å². The highest BCUT2D eigenvalue weighted by Gasteiger charge is 2.48. The zero-order valence-electron chi connectivity index (χ0n) is 11.7. The van der Waals surface area contributed by atoms with Gasteiger partial charge in [0.05, 0.1) is 11.5 Å². The van der Waals surface area contributed by atoms with Crippen molar-refractivity contribution in [3.63, 3.8) is 0 Å². The van der Waals surface area contributed by atoms with Crippen LogP contribution in [0.1, 0.15) is 32.3 Å². The molecule has 1 saturated carbocycles. The highest BCUT2D eigenvalue weighted by molar-refractivity contribution is 7.89. The van der Waals surface area contributed by atoms with E-state index in [1.54, 1.807) is 24.3 Å². The van der Waals surface area contributed by atoms with E-state index in [1.807, 2.05) is 13.8 Å². The topological polar surface area (TPSA) is 66.4 Å². The second-order valence-electron chi connectivity index (χ2n) is 5.64. The van der Waals surface area contributed by atoms with Gasteiger partial charge in [0, 0.05) is 18.0 Å². The van der Waals surface area contributed by atoms with Crippen LogP contribution in [0, 0.1) is 17.3 Å². The lowest BCUT2D eigenvalue weighted by Gasteiger charge is -2.09. The van der Waals surface area contributed by atoms with Crippen molar-refractivity contribution in [3.05, 3.63) is 29.8 Å². The van der Waals surface area contributed by atoms with Gasteiger partial charge in [0.1, 0.15) is 0 Å². The molecule has 1 unspecified atom stereocenters. The van der Waals surface area contributed by atoms with Gasteiger partial charge in [0.15, 0.2) is 0 Å². The number of nitrogens with one attached hydrogen (secondary N) is 1. The summed E-state index contributed by atoms with van der Waals surface area (Å²) < 4.78 is 27.5. The average molecular weight is 293 g/mol. The summed E-state index contributed by atoms with van der Waals surface area (Å²) in [6.07, 6.45) is 1.18. The summed E-state index contributed by atoms with van der Waals surface area (Å²) in [5.41, 5.74) is 0.497. The highest BCUT2D eigenvalue weighted by atomic mass is 32.2. The van der Waals surface area contributed by atoms with E-state index < -0.39 is 10.0 Å². The number of aliphatic hydroxyl groups excluding tert-OH is 1. The summed E-state index contributed by atoms with van der Waals surface area (Å²) in [7, 11) is -3.55. The van der Waals surface area contributed by atoms with Gasteiger partial charge in [-0.3, -0.25) is 0 Å². The number of benzene rings is 1. The minimum atomic E-state index is -3.55. The van der Waals surface area contributed by atoms with Gasteiger partial charge in [-0.05, 0) is 24.0 Å². The zero-order chi connectivity index (χ0) is 14.8. The van der Waals surface area contributed by atoms with Crippen LogP contribution >= 0.6 is 0 Å². The Morgan fingerprint density at radius 2 is 2.05 bits per heavy atom. The van der Waals surface area contributed by atoms with Gasteiger partial charge in [-0.2, -0.15) is 0 Å². The van der Waals surface area contributed by atoms with Crippen LogP contribution in [0.3, 0.4) is 0 Å². The first kappa shape index (κ1) is 15.0. The molecule has 0 spiro atoms. The Morgan fingerprint density at radius 3 is 2.65 bits per heavy atom. The number of aliphatic hydroxyl groups is 1. The van der Waals surface area contributed by atoms with Crippen LogP contribution in [0.25, 0.3) is 0 Å². The Morgan fingerprint density at radius 1 is 1.40 bits per heavy atom. The largest absolute Gasteiger partial charge is 0.395 e. The molecule has 2 N–H and O–H groups in total. The maximum Gasteiger partial charge on any atom is 0.242 e. The quantitative estimate of drug-likeness (QED) is 0.827. The van der Waals surface area contributed by atoms with Crippen molar-refractivity contribution in [2.75, 3.05) is 6.61 Å². The average Bonchev–Trinajstić information content (AvgIpc) is 2.96. The Balaban J connectivity index is 2.26. The first-order valence-corrected chi connectivity index (χ1v) is 8.06. The number of sulfonamides is 1. The molecule has 1 aromatic rings. The number of rotatable bonds is 4. The molecular weight excluding hydrogens is 274 g/mol. The molecule has 1 aliphatic rings. The third kappa shape index (κ3) is 3.40. The molecule has 1 atom stereocenters. The molecule has 0 bridgehead atoms. The van der Waals surface area contributed by atoms with Crippen LogP contribution in [0.15, 0.2) is 29.2 Å². The molecule has 1 fully saturated rings. The van der Waals surface area contributed by atoms with Crippen LogP contribution in [0.5, 0.6) is 0 Å². The van der Waals surface area contributed by atoms with Crippen LogP contribution in [-0.4, -0.2) is 26.2 Å². The van der Waals surface area contributed by atoms with E-state index in [9.17, 15) is 8.42 Å². The summed E-state index contributed by atoms with van der Waals surface area (Å²) in [6.45, 7) is 4.04. The van der Waals surface area contributed by atoms with Crippen LogP contribution in [0.2, 0.25) is 0 Å². The Kier molecular flexibility index (Phi) is 4.19. The van der Waals surface area contributed by atoms with Crippen molar-refractivity contribution >= 4 is 10.0 Å². The molecule has 20 heavy (non-hydrogen) atoms. The van der Waals surface area contributed by atoms with Crippen LogP contribution < -0.4 is 4.72 Å². The summed E-state index contributed by atoms with van der Waals surface area (Å²) in [6, 6.07) is 6.66. The van der Waals surface area contributed by atoms with E-state index in [0.29, 0.717) is 12.0 Å². The maximum absolute atomic E-state index is 12.4. The van der Waals surface area contributed by atoms with E-state index in [1.165, 1.54) is 0 Å². The Hall–Kier alpha value is -1.35. The van der Waals surface area contributed by atoms with Gasteiger partial charge in [-0.15, -0.1) is 0 Å². The smallest absolute Gasteiger partial charge is 0.242 e. The lowest BCUT2D eigenvalue weighted by molar-refractivity contribution is 0.305. The predicted molar refractivity (Wildman–Crippen MR) is 77.5 cm³/mol. The third-order valence-electron chi connectivity index (χ3n) is 3.45. The van der Waals surface area contributed by atoms with E-state index in [4.69, 9.17) is 5.11 Å². The fraction of sp³-hybridized carbons (Fsp3) is 0.467. The number of hydrogen-bond donors (Lipinski definition) is 2. The normalized spacial score (nSPS) is 20.1. The molecule has 0 heterocycles. The zero-order valence-corrected chi connectivity index (χ0v) is 12.5. The molecule has 2 rings (SSSR count). The first-order valence-electron chi connectivity index (χ1n) is 6.58. The molecule has 1 aromatic carbocycles. The van der Waals surface area contributed by atoms with Crippen LogP contribution in [-0.2, 0) is 10.0 Å². The van der Waals surface area contributed by atoms with Gasteiger partial charge in [0.25, 0.3) is 0 Å². The minimum absolute atomic E-state index is 0.00837. The summed E-state index contributed by atoms with van der Waals surface area (Å²) in [5.74, 6) is 5.56. The molecule has 108 valence electrons. The van der Waals surface area contributed by atoms with E-state index in [2.05, 4.69) is 16.6 Å². The lowest BCUT2D eigenvalue weighted by atomic mass is 10.2. The molecule has 4 nitrogen and oxygen atoms in total. The van der Waals surface area contributed by atoms with Gasteiger partial charge in [-0.1, -0.05) is 37.8 Å². The molecule has 1 aliphatic carbocycles. The SMILES string of the molecule is CC1(C)CC1NS(=O)(=O)c1ccccc1C#CCCO. The summed E-state index contributed by atoms with van der Waals surface area (Å²) in [5, 5.41) is 8.73. The van der Waals surface area contributed by atoms with Crippen molar-refractivity contribution in [2.45, 2.75) is 37.6 Å². The standard InChI is InChI=1S/C15H19NO3S/c1-15(2)11-14(15)16-20(18,19)13-9-4-3-7-12(13)8-5-6-10-17/h3-4,7,9,14,16-17H,6,10-11H2,1-2H3. The van der Waals surface area contributed by atoms with Gasteiger partial charge < -0.3 is 5.11 Å². The summed E-state index contributed by atoms with van der Waals surface area (Å²) >= 11 is 0. The molecule has 0 amide bonds. The second-order valence-corrected chi connectivity index (χ2v) is 7.32. The molecule has 0 saturated heterocycles. The van der Waals surface area contributed by atoms with E-state index in [0.717, 1.165) is 6.42 Å². The highest BCUT2D eigenvalue weighted by Crippen LogP contribution is 2.45. The molecule has 5 heteroatoms. The Bertz CT molecular complexity index is 653. The van der Waals surface area contributed by atoms with Crippen molar-refractivity contribution in [3.8, 4) is 11.8 Å². The molecule has 0 aromatic heterocycles. The van der Waals surface area contributed by atoms with Gasteiger partial charge in [0.2, 0.25) is 10.0 Å². The molecule has 0 aliphatic heterocycles. The lowest BCUT2D eigenvalue weighted by Crippen LogP contribution is -2.29.